The molecule has 0 bridgehead atoms. The summed E-state index contributed by atoms with van der Waals surface area (Å²) in [5.74, 6) is -0.839. The van der Waals surface area contributed by atoms with Gasteiger partial charge in [0.2, 0.25) is 0 Å². The topological polar surface area (TPSA) is 46.2 Å². The molecule has 0 aliphatic heterocycles. The predicted octanol–water partition coefficient (Wildman–Crippen LogP) is 4.04. The van der Waals surface area contributed by atoms with Gasteiger partial charge in [-0.1, -0.05) is 39.7 Å². The number of hydrogen-bond donors (Lipinski definition) is 1. The van der Waals surface area contributed by atoms with Crippen molar-refractivity contribution in [2.75, 3.05) is 4.72 Å². The normalized spacial score (nSPS) is 11.3. The van der Waals surface area contributed by atoms with Crippen LogP contribution in [-0.4, -0.2) is 8.42 Å². The Kier molecular flexibility index (Phi) is 4.13. The molecule has 0 heterocycles. The van der Waals surface area contributed by atoms with Crippen LogP contribution in [0.25, 0.3) is 0 Å². The van der Waals surface area contributed by atoms with Crippen LogP contribution in [0.15, 0.2) is 51.8 Å². The first kappa shape index (κ1) is 14.3. The van der Waals surface area contributed by atoms with Gasteiger partial charge in [-0.3, -0.25) is 4.72 Å². The Balaban J connectivity index is 2.41. The van der Waals surface area contributed by atoms with E-state index in [1.807, 2.05) is 0 Å². The van der Waals surface area contributed by atoms with Crippen LogP contribution in [0, 0.1) is 5.82 Å². The average molecular weight is 365 g/mol. The quantitative estimate of drug-likeness (QED) is 0.893. The van der Waals surface area contributed by atoms with Crippen molar-refractivity contribution in [1.29, 1.82) is 0 Å². The van der Waals surface area contributed by atoms with Crippen LogP contribution in [0.5, 0.6) is 0 Å². The first-order valence-corrected chi connectivity index (χ1v) is 7.78. The number of nitrogens with one attached hydrogen (secondary N) is 1. The van der Waals surface area contributed by atoms with Crippen LogP contribution in [0.1, 0.15) is 0 Å². The lowest BCUT2D eigenvalue weighted by Gasteiger charge is -2.10. The summed E-state index contributed by atoms with van der Waals surface area (Å²) in [6.45, 7) is 0. The minimum Gasteiger partial charge on any atom is -0.278 e. The maximum atomic E-state index is 13.7. The minimum atomic E-state index is -4.01. The van der Waals surface area contributed by atoms with Gasteiger partial charge in [0, 0.05) is 4.47 Å². The number of benzene rings is 2. The molecule has 100 valence electrons. The second kappa shape index (κ2) is 5.48. The second-order valence-electron chi connectivity index (χ2n) is 3.66. The fraction of sp³-hybridized carbons (Fsp3) is 0. The lowest BCUT2D eigenvalue weighted by molar-refractivity contribution is 0.570. The van der Waals surface area contributed by atoms with Crippen LogP contribution in [0.3, 0.4) is 0 Å². The lowest BCUT2D eigenvalue weighted by atomic mass is 10.3. The van der Waals surface area contributed by atoms with Gasteiger partial charge in [-0.15, -0.1) is 0 Å². The van der Waals surface area contributed by atoms with E-state index in [-0.39, 0.29) is 10.7 Å². The van der Waals surface area contributed by atoms with Gasteiger partial charge in [-0.25, -0.2) is 12.8 Å². The molecule has 0 aliphatic carbocycles. The van der Waals surface area contributed by atoms with Crippen molar-refractivity contribution in [2.45, 2.75) is 4.90 Å². The van der Waals surface area contributed by atoms with Crippen molar-refractivity contribution in [2.24, 2.45) is 0 Å². The molecule has 0 radical (unpaired) electrons. The Morgan fingerprint density at radius 3 is 2.47 bits per heavy atom. The molecule has 2 rings (SSSR count). The van der Waals surface area contributed by atoms with E-state index >= 15 is 0 Å². The zero-order valence-corrected chi connectivity index (χ0v) is 12.6. The second-order valence-corrected chi connectivity index (χ2v) is 6.63. The highest BCUT2D eigenvalue weighted by Gasteiger charge is 2.20. The molecule has 0 aliphatic rings. The van der Waals surface area contributed by atoms with Crippen molar-refractivity contribution in [3.8, 4) is 0 Å². The highest BCUT2D eigenvalue weighted by atomic mass is 79.9. The molecule has 19 heavy (non-hydrogen) atoms. The molecule has 0 fully saturated rings. The summed E-state index contributed by atoms with van der Waals surface area (Å²) in [5.41, 5.74) is 0.200. The molecule has 2 aromatic carbocycles. The third-order valence-electron chi connectivity index (χ3n) is 2.30. The van der Waals surface area contributed by atoms with Crippen molar-refractivity contribution in [3.63, 3.8) is 0 Å². The average Bonchev–Trinajstić information content (AvgIpc) is 2.31. The monoisotopic (exact) mass is 363 g/mol. The Hall–Kier alpha value is -1.11. The van der Waals surface area contributed by atoms with E-state index in [4.69, 9.17) is 11.6 Å². The molecule has 0 unspecified atom stereocenters. The number of sulfonamides is 1. The van der Waals surface area contributed by atoms with E-state index in [1.165, 1.54) is 24.3 Å². The Morgan fingerprint density at radius 2 is 1.84 bits per heavy atom. The maximum Gasteiger partial charge on any atom is 0.264 e. The Morgan fingerprint density at radius 1 is 1.16 bits per heavy atom. The van der Waals surface area contributed by atoms with Gasteiger partial charge in [0.05, 0.1) is 10.7 Å². The zero-order valence-electron chi connectivity index (χ0n) is 9.40. The van der Waals surface area contributed by atoms with E-state index in [2.05, 4.69) is 20.7 Å². The van der Waals surface area contributed by atoms with Gasteiger partial charge in [-0.05, 0) is 30.3 Å². The zero-order chi connectivity index (χ0) is 14.0. The highest BCUT2D eigenvalue weighted by molar-refractivity contribution is 9.10. The summed E-state index contributed by atoms with van der Waals surface area (Å²) < 4.78 is 40.5. The number of para-hydroxylation sites is 1. The Labute approximate surface area is 123 Å². The van der Waals surface area contributed by atoms with Crippen molar-refractivity contribution < 1.29 is 12.8 Å². The Bertz CT molecular complexity index is 721. The molecule has 0 atom stereocenters. The molecule has 2 aromatic rings. The van der Waals surface area contributed by atoms with E-state index in [1.54, 1.807) is 12.1 Å². The molecule has 0 saturated carbocycles. The molecule has 1 N–H and O–H groups in total. The first-order chi connectivity index (χ1) is 8.90. The molecule has 3 nitrogen and oxygen atoms in total. The van der Waals surface area contributed by atoms with Gasteiger partial charge in [0.15, 0.2) is 0 Å². The van der Waals surface area contributed by atoms with Gasteiger partial charge >= 0.3 is 0 Å². The maximum absolute atomic E-state index is 13.7. The number of hydrogen-bond acceptors (Lipinski definition) is 2. The third kappa shape index (κ3) is 3.26. The standard InChI is InChI=1S/C12H8BrClFNO2S/c13-8-5-6-12(10(15)7-8)19(17,18)16-11-4-2-1-3-9(11)14/h1-7,16H. The first-order valence-electron chi connectivity index (χ1n) is 5.12. The van der Waals surface area contributed by atoms with Crippen molar-refractivity contribution in [3.05, 3.63) is 57.8 Å². The summed E-state index contributed by atoms with van der Waals surface area (Å²) in [6.07, 6.45) is 0. The van der Waals surface area contributed by atoms with Gasteiger partial charge in [0.25, 0.3) is 10.0 Å². The number of halogens is 3. The predicted molar refractivity (Wildman–Crippen MR) is 76.4 cm³/mol. The van der Waals surface area contributed by atoms with Crippen LogP contribution in [0.4, 0.5) is 10.1 Å². The van der Waals surface area contributed by atoms with Gasteiger partial charge < -0.3 is 0 Å². The van der Waals surface area contributed by atoms with Crippen LogP contribution in [0.2, 0.25) is 5.02 Å². The minimum absolute atomic E-state index is 0.200. The molecule has 0 saturated heterocycles. The van der Waals surface area contributed by atoms with E-state index in [0.717, 1.165) is 6.07 Å². The summed E-state index contributed by atoms with van der Waals surface area (Å²) in [6, 6.07) is 10.0. The largest absolute Gasteiger partial charge is 0.278 e. The molecular weight excluding hydrogens is 357 g/mol. The number of anilines is 1. The van der Waals surface area contributed by atoms with Crippen molar-refractivity contribution >= 4 is 43.2 Å². The van der Waals surface area contributed by atoms with Crippen LogP contribution >= 0.6 is 27.5 Å². The smallest absolute Gasteiger partial charge is 0.264 e. The van der Waals surface area contributed by atoms with E-state index in [0.29, 0.717) is 4.47 Å². The lowest BCUT2D eigenvalue weighted by Crippen LogP contribution is -2.14. The fourth-order valence-corrected chi connectivity index (χ4v) is 3.15. The highest BCUT2D eigenvalue weighted by Crippen LogP contribution is 2.26. The summed E-state index contributed by atoms with van der Waals surface area (Å²) in [5, 5.41) is 0.239. The summed E-state index contributed by atoms with van der Waals surface area (Å²) in [7, 11) is -4.01. The van der Waals surface area contributed by atoms with Gasteiger partial charge in [0.1, 0.15) is 10.7 Å². The molecule has 0 amide bonds. The van der Waals surface area contributed by atoms with Gasteiger partial charge in [-0.2, -0.15) is 0 Å². The van der Waals surface area contributed by atoms with E-state index in [9.17, 15) is 12.8 Å². The molecule has 7 heteroatoms. The molecule has 0 aromatic heterocycles. The van der Waals surface area contributed by atoms with Crippen molar-refractivity contribution in [1.82, 2.24) is 0 Å². The third-order valence-corrected chi connectivity index (χ3v) is 4.52. The molecular formula is C12H8BrClFNO2S. The van der Waals surface area contributed by atoms with E-state index < -0.39 is 20.7 Å². The summed E-state index contributed by atoms with van der Waals surface area (Å²) >= 11 is 8.92. The fourth-order valence-electron chi connectivity index (χ4n) is 1.44. The van der Waals surface area contributed by atoms with Crippen LogP contribution < -0.4 is 4.72 Å². The number of rotatable bonds is 3. The SMILES string of the molecule is O=S(=O)(Nc1ccccc1Cl)c1ccc(Br)cc1F. The van der Waals surface area contributed by atoms with Crippen LogP contribution in [-0.2, 0) is 10.0 Å². The summed E-state index contributed by atoms with van der Waals surface area (Å²) in [4.78, 5) is -0.435. The molecule has 0 spiro atoms.